The molecule has 0 saturated heterocycles. The molecule has 0 atom stereocenters. The second-order valence-electron chi connectivity index (χ2n) is 4.26. The van der Waals surface area contributed by atoms with Gasteiger partial charge in [0.05, 0.1) is 10.6 Å². The Bertz CT molecular complexity index is 787. The minimum atomic E-state index is -3.61. The summed E-state index contributed by atoms with van der Waals surface area (Å²) in [4.78, 5) is 0.214. The third-order valence-electron chi connectivity index (χ3n) is 2.72. The van der Waals surface area contributed by atoms with E-state index in [2.05, 4.69) is 10.2 Å². The fourth-order valence-corrected chi connectivity index (χ4v) is 2.86. The van der Waals surface area contributed by atoms with Crippen LogP contribution in [0.5, 0.6) is 0 Å². The summed E-state index contributed by atoms with van der Waals surface area (Å²) >= 11 is 0. The van der Waals surface area contributed by atoms with Crippen LogP contribution in [0, 0.1) is 0 Å². The SMILES string of the molecule is CC(=NN=C(N)N)c1ccn(S(=O)(=O)c2ccccc2)c1. The summed E-state index contributed by atoms with van der Waals surface area (Å²) < 4.78 is 25.9. The maximum atomic E-state index is 12.4. The highest BCUT2D eigenvalue weighted by Crippen LogP contribution is 2.15. The summed E-state index contributed by atoms with van der Waals surface area (Å²) in [6.45, 7) is 1.68. The van der Waals surface area contributed by atoms with Crippen molar-refractivity contribution in [2.75, 3.05) is 0 Å². The Morgan fingerprint density at radius 1 is 1.10 bits per heavy atom. The molecule has 1 aromatic heterocycles. The molecule has 0 fully saturated rings. The van der Waals surface area contributed by atoms with E-state index in [9.17, 15) is 8.42 Å². The minimum absolute atomic E-state index is 0.161. The van der Waals surface area contributed by atoms with E-state index in [1.807, 2.05) is 0 Å². The number of hydrogen-bond donors (Lipinski definition) is 2. The predicted molar refractivity (Wildman–Crippen MR) is 81.5 cm³/mol. The number of rotatable bonds is 4. The zero-order valence-electron chi connectivity index (χ0n) is 11.3. The number of benzene rings is 1. The lowest BCUT2D eigenvalue weighted by atomic mass is 10.2. The smallest absolute Gasteiger partial charge is 0.267 e. The minimum Gasteiger partial charge on any atom is -0.369 e. The summed E-state index contributed by atoms with van der Waals surface area (Å²) in [6.07, 6.45) is 2.91. The highest BCUT2D eigenvalue weighted by atomic mass is 32.2. The van der Waals surface area contributed by atoms with Crippen LogP contribution in [0.1, 0.15) is 12.5 Å². The zero-order chi connectivity index (χ0) is 15.5. The Hall–Kier alpha value is -2.61. The van der Waals surface area contributed by atoms with Gasteiger partial charge in [0.1, 0.15) is 0 Å². The Balaban J connectivity index is 2.37. The van der Waals surface area contributed by atoms with Crippen LogP contribution in [0.2, 0.25) is 0 Å². The van der Waals surface area contributed by atoms with Crippen molar-refractivity contribution in [3.05, 3.63) is 54.4 Å². The molecule has 0 amide bonds. The fourth-order valence-electron chi connectivity index (χ4n) is 1.65. The lowest BCUT2D eigenvalue weighted by Crippen LogP contribution is -2.22. The first-order valence-electron chi connectivity index (χ1n) is 6.03. The lowest BCUT2D eigenvalue weighted by Gasteiger charge is -2.04. The second kappa shape index (κ2) is 5.80. The average Bonchev–Trinajstić information content (AvgIpc) is 2.96. The molecule has 110 valence electrons. The summed E-state index contributed by atoms with van der Waals surface area (Å²) in [5.74, 6) is -0.161. The quantitative estimate of drug-likeness (QED) is 0.492. The molecule has 0 aliphatic heterocycles. The first-order valence-corrected chi connectivity index (χ1v) is 7.47. The van der Waals surface area contributed by atoms with E-state index in [1.54, 1.807) is 31.2 Å². The predicted octanol–water partition coefficient (Wildman–Crippen LogP) is 0.723. The summed E-state index contributed by atoms with van der Waals surface area (Å²) in [5, 5.41) is 7.34. The Labute approximate surface area is 122 Å². The van der Waals surface area contributed by atoms with Gasteiger partial charge in [0.25, 0.3) is 10.0 Å². The molecule has 0 unspecified atom stereocenters. The largest absolute Gasteiger partial charge is 0.369 e. The van der Waals surface area contributed by atoms with E-state index >= 15 is 0 Å². The van der Waals surface area contributed by atoms with Crippen LogP contribution >= 0.6 is 0 Å². The summed E-state index contributed by atoms with van der Waals surface area (Å²) in [6, 6.07) is 9.80. The van der Waals surface area contributed by atoms with E-state index < -0.39 is 10.0 Å². The van der Waals surface area contributed by atoms with Crippen LogP contribution in [0.15, 0.2) is 63.9 Å². The molecule has 7 nitrogen and oxygen atoms in total. The average molecular weight is 305 g/mol. The lowest BCUT2D eigenvalue weighted by molar-refractivity contribution is 0.587. The highest BCUT2D eigenvalue weighted by Gasteiger charge is 2.16. The Morgan fingerprint density at radius 2 is 1.76 bits per heavy atom. The molecule has 0 radical (unpaired) electrons. The molecule has 0 aliphatic rings. The van der Waals surface area contributed by atoms with Gasteiger partial charge in [0, 0.05) is 18.0 Å². The van der Waals surface area contributed by atoms with Gasteiger partial charge in [-0.1, -0.05) is 18.2 Å². The van der Waals surface area contributed by atoms with Gasteiger partial charge in [0.2, 0.25) is 5.96 Å². The normalized spacial score (nSPS) is 12.1. The summed E-state index contributed by atoms with van der Waals surface area (Å²) in [5.41, 5.74) is 11.5. The molecular weight excluding hydrogens is 290 g/mol. The maximum absolute atomic E-state index is 12.4. The van der Waals surface area contributed by atoms with Gasteiger partial charge in [-0.05, 0) is 25.1 Å². The van der Waals surface area contributed by atoms with E-state index in [0.29, 0.717) is 11.3 Å². The van der Waals surface area contributed by atoms with E-state index in [1.165, 1.54) is 24.5 Å². The van der Waals surface area contributed by atoms with Crippen LogP contribution in [0.4, 0.5) is 0 Å². The van der Waals surface area contributed by atoms with Gasteiger partial charge in [-0.15, -0.1) is 5.10 Å². The second-order valence-corrected chi connectivity index (χ2v) is 6.10. The van der Waals surface area contributed by atoms with Crippen molar-refractivity contribution >= 4 is 21.7 Å². The van der Waals surface area contributed by atoms with Crippen molar-refractivity contribution in [2.45, 2.75) is 11.8 Å². The molecule has 0 bridgehead atoms. The van der Waals surface area contributed by atoms with E-state index in [-0.39, 0.29) is 10.9 Å². The standard InChI is InChI=1S/C13H15N5O2S/c1-10(16-17-13(14)15)11-7-8-18(9-11)21(19,20)12-5-3-2-4-6-12/h2-9H,1H3,(H4,14,15,17). The molecule has 2 rings (SSSR count). The van der Waals surface area contributed by atoms with Crippen LogP contribution in [0.3, 0.4) is 0 Å². The molecule has 21 heavy (non-hydrogen) atoms. The number of guanidine groups is 1. The molecular formula is C13H15N5O2S. The van der Waals surface area contributed by atoms with Crippen LogP contribution in [0.25, 0.3) is 0 Å². The van der Waals surface area contributed by atoms with Crippen molar-refractivity contribution in [3.63, 3.8) is 0 Å². The summed E-state index contributed by atoms with van der Waals surface area (Å²) in [7, 11) is -3.61. The first kappa shape index (κ1) is 14.8. The molecule has 8 heteroatoms. The van der Waals surface area contributed by atoms with Gasteiger partial charge in [-0.3, -0.25) is 0 Å². The topological polar surface area (TPSA) is 116 Å². The van der Waals surface area contributed by atoms with Gasteiger partial charge in [-0.2, -0.15) is 5.10 Å². The van der Waals surface area contributed by atoms with Gasteiger partial charge in [0.15, 0.2) is 0 Å². The molecule has 0 saturated carbocycles. The molecule has 2 aromatic rings. The monoisotopic (exact) mass is 305 g/mol. The molecule has 0 aliphatic carbocycles. The van der Waals surface area contributed by atoms with Crippen molar-refractivity contribution in [2.24, 2.45) is 21.7 Å². The van der Waals surface area contributed by atoms with Crippen molar-refractivity contribution in [1.82, 2.24) is 3.97 Å². The van der Waals surface area contributed by atoms with E-state index in [4.69, 9.17) is 11.5 Å². The van der Waals surface area contributed by atoms with Crippen LogP contribution in [-0.4, -0.2) is 24.1 Å². The van der Waals surface area contributed by atoms with Gasteiger partial charge >= 0.3 is 0 Å². The molecule has 0 spiro atoms. The number of nitrogens with two attached hydrogens (primary N) is 2. The fraction of sp³-hybridized carbons (Fsp3) is 0.0769. The molecule has 4 N–H and O–H groups in total. The number of aromatic nitrogens is 1. The third-order valence-corrected chi connectivity index (χ3v) is 4.37. The van der Waals surface area contributed by atoms with Crippen molar-refractivity contribution in [1.29, 1.82) is 0 Å². The first-order chi connectivity index (χ1) is 9.91. The van der Waals surface area contributed by atoms with Crippen molar-refractivity contribution in [3.8, 4) is 0 Å². The molecule has 1 aromatic carbocycles. The van der Waals surface area contributed by atoms with Gasteiger partial charge < -0.3 is 11.5 Å². The number of hydrogen-bond acceptors (Lipinski definition) is 4. The van der Waals surface area contributed by atoms with E-state index in [0.717, 1.165) is 3.97 Å². The third kappa shape index (κ3) is 3.29. The highest BCUT2D eigenvalue weighted by molar-refractivity contribution is 7.90. The Kier molecular flexibility index (Phi) is 4.08. The maximum Gasteiger partial charge on any atom is 0.267 e. The Morgan fingerprint density at radius 3 is 2.38 bits per heavy atom. The van der Waals surface area contributed by atoms with Crippen molar-refractivity contribution < 1.29 is 8.42 Å². The zero-order valence-corrected chi connectivity index (χ0v) is 12.2. The van der Waals surface area contributed by atoms with Crippen LogP contribution < -0.4 is 11.5 Å². The van der Waals surface area contributed by atoms with Crippen LogP contribution in [-0.2, 0) is 10.0 Å². The molecule has 1 heterocycles. The number of nitrogens with zero attached hydrogens (tertiary/aromatic N) is 3. The van der Waals surface area contributed by atoms with Gasteiger partial charge in [-0.25, -0.2) is 12.4 Å².